The molecule has 1 aromatic carbocycles. The van der Waals surface area contributed by atoms with Gasteiger partial charge in [-0.1, -0.05) is 12.1 Å². The molecule has 25 heavy (non-hydrogen) atoms. The number of amides is 1. The molecule has 1 aliphatic heterocycles. The average molecular weight is 360 g/mol. The molecule has 0 spiro atoms. The Bertz CT molecular complexity index is 895. The summed E-state index contributed by atoms with van der Waals surface area (Å²) in [4.78, 5) is 20.6. The monoisotopic (exact) mass is 360 g/mol. The minimum Gasteiger partial charge on any atom is -0.365 e. The first kappa shape index (κ1) is 17.3. The van der Waals surface area contributed by atoms with Crippen LogP contribution in [-0.2, 0) is 9.84 Å². The SMILES string of the molecule is Cc1ccc(C)c(NC(=O)c2cnc(NC3CCS(=O)(=O)C3)cn2)c1. The second-order valence-electron chi connectivity index (χ2n) is 6.30. The molecule has 1 unspecified atom stereocenters. The van der Waals surface area contributed by atoms with Gasteiger partial charge in [-0.15, -0.1) is 0 Å². The highest BCUT2D eigenvalue weighted by Gasteiger charge is 2.28. The van der Waals surface area contributed by atoms with Crippen LogP contribution in [0.3, 0.4) is 0 Å². The van der Waals surface area contributed by atoms with Crippen molar-refractivity contribution in [1.82, 2.24) is 9.97 Å². The van der Waals surface area contributed by atoms with Crippen molar-refractivity contribution in [3.8, 4) is 0 Å². The van der Waals surface area contributed by atoms with E-state index in [0.29, 0.717) is 12.2 Å². The van der Waals surface area contributed by atoms with E-state index in [1.54, 1.807) is 0 Å². The van der Waals surface area contributed by atoms with Crippen molar-refractivity contribution in [2.45, 2.75) is 26.3 Å². The number of nitrogens with one attached hydrogen (secondary N) is 2. The van der Waals surface area contributed by atoms with Gasteiger partial charge in [-0.3, -0.25) is 4.79 Å². The summed E-state index contributed by atoms with van der Waals surface area (Å²) in [6.45, 7) is 3.88. The first-order valence-corrected chi connectivity index (χ1v) is 9.82. The predicted molar refractivity (Wildman–Crippen MR) is 96.6 cm³/mol. The number of rotatable bonds is 4. The quantitative estimate of drug-likeness (QED) is 0.864. The van der Waals surface area contributed by atoms with E-state index in [2.05, 4.69) is 20.6 Å². The normalized spacial score (nSPS) is 18.7. The van der Waals surface area contributed by atoms with Crippen LogP contribution in [0.4, 0.5) is 11.5 Å². The Morgan fingerprint density at radius 1 is 1.20 bits per heavy atom. The molecule has 2 heterocycles. The molecule has 2 N–H and O–H groups in total. The zero-order valence-corrected chi connectivity index (χ0v) is 14.9. The summed E-state index contributed by atoms with van der Waals surface area (Å²) >= 11 is 0. The summed E-state index contributed by atoms with van der Waals surface area (Å²) in [6, 6.07) is 5.67. The number of nitrogens with zero attached hydrogens (tertiary/aromatic N) is 2. The molecule has 3 rings (SSSR count). The van der Waals surface area contributed by atoms with Crippen LogP contribution in [0.2, 0.25) is 0 Å². The number of anilines is 2. The number of carbonyl (C=O) groups is 1. The first-order chi connectivity index (χ1) is 11.8. The number of aryl methyl sites for hydroxylation is 2. The first-order valence-electron chi connectivity index (χ1n) is 8.00. The van der Waals surface area contributed by atoms with Gasteiger partial charge in [0.2, 0.25) is 0 Å². The molecule has 1 aromatic heterocycles. The third-order valence-corrected chi connectivity index (χ3v) is 5.88. The minimum absolute atomic E-state index is 0.101. The third-order valence-electron chi connectivity index (χ3n) is 4.11. The summed E-state index contributed by atoms with van der Waals surface area (Å²) in [5, 5.41) is 5.87. The molecule has 0 radical (unpaired) electrons. The van der Waals surface area contributed by atoms with Crippen LogP contribution in [0.1, 0.15) is 28.0 Å². The number of aromatic nitrogens is 2. The Labute approximate surface area is 146 Å². The molecular formula is C17H20N4O3S. The summed E-state index contributed by atoms with van der Waals surface area (Å²) in [6.07, 6.45) is 3.38. The van der Waals surface area contributed by atoms with Crippen LogP contribution >= 0.6 is 0 Å². The lowest BCUT2D eigenvalue weighted by atomic mass is 10.1. The lowest BCUT2D eigenvalue weighted by molar-refractivity contribution is 0.102. The van der Waals surface area contributed by atoms with E-state index in [9.17, 15) is 13.2 Å². The van der Waals surface area contributed by atoms with Gasteiger partial charge in [-0.05, 0) is 37.5 Å². The van der Waals surface area contributed by atoms with Crippen molar-refractivity contribution >= 4 is 27.2 Å². The highest BCUT2D eigenvalue weighted by atomic mass is 32.2. The van der Waals surface area contributed by atoms with Crippen molar-refractivity contribution in [3.63, 3.8) is 0 Å². The summed E-state index contributed by atoms with van der Waals surface area (Å²) in [7, 11) is -2.95. The third kappa shape index (κ3) is 4.33. The van der Waals surface area contributed by atoms with E-state index in [4.69, 9.17) is 0 Å². The molecule has 1 aliphatic rings. The van der Waals surface area contributed by atoms with Gasteiger partial charge in [-0.25, -0.2) is 18.4 Å². The van der Waals surface area contributed by atoms with Gasteiger partial charge in [0.25, 0.3) is 5.91 Å². The summed E-state index contributed by atoms with van der Waals surface area (Å²) in [5.74, 6) is 0.416. The van der Waals surface area contributed by atoms with Crippen LogP contribution in [0, 0.1) is 13.8 Å². The lowest BCUT2D eigenvalue weighted by Crippen LogP contribution is -2.22. The van der Waals surface area contributed by atoms with Crippen LogP contribution in [0.5, 0.6) is 0 Å². The van der Waals surface area contributed by atoms with Crippen LogP contribution in [0.25, 0.3) is 0 Å². The van der Waals surface area contributed by atoms with Gasteiger partial charge in [0.15, 0.2) is 9.84 Å². The summed E-state index contributed by atoms with van der Waals surface area (Å²) < 4.78 is 22.9. The van der Waals surface area contributed by atoms with Gasteiger partial charge in [0.1, 0.15) is 11.5 Å². The topological polar surface area (TPSA) is 101 Å². The van der Waals surface area contributed by atoms with Gasteiger partial charge >= 0.3 is 0 Å². The average Bonchev–Trinajstić information content (AvgIpc) is 2.90. The van der Waals surface area contributed by atoms with Crippen molar-refractivity contribution in [2.75, 3.05) is 22.1 Å². The van der Waals surface area contributed by atoms with E-state index >= 15 is 0 Å². The fourth-order valence-corrected chi connectivity index (χ4v) is 4.37. The highest BCUT2D eigenvalue weighted by molar-refractivity contribution is 7.91. The number of sulfone groups is 1. The Balaban J connectivity index is 1.65. The smallest absolute Gasteiger partial charge is 0.275 e. The van der Waals surface area contributed by atoms with Gasteiger partial charge < -0.3 is 10.6 Å². The van der Waals surface area contributed by atoms with Crippen molar-refractivity contribution in [1.29, 1.82) is 0 Å². The van der Waals surface area contributed by atoms with Crippen LogP contribution in [0.15, 0.2) is 30.6 Å². The van der Waals surface area contributed by atoms with E-state index in [-0.39, 0.29) is 29.1 Å². The van der Waals surface area contributed by atoms with E-state index in [1.807, 2.05) is 32.0 Å². The second-order valence-corrected chi connectivity index (χ2v) is 8.53. The number of carbonyl (C=O) groups excluding carboxylic acids is 1. The number of hydrogen-bond acceptors (Lipinski definition) is 6. The van der Waals surface area contributed by atoms with E-state index in [0.717, 1.165) is 16.8 Å². The van der Waals surface area contributed by atoms with Gasteiger partial charge in [0.05, 0.1) is 23.9 Å². The molecule has 1 saturated heterocycles. The van der Waals surface area contributed by atoms with Gasteiger partial charge in [0, 0.05) is 11.7 Å². The lowest BCUT2D eigenvalue weighted by Gasteiger charge is -2.12. The van der Waals surface area contributed by atoms with Gasteiger partial charge in [-0.2, -0.15) is 0 Å². The number of hydrogen-bond donors (Lipinski definition) is 2. The Morgan fingerprint density at radius 2 is 2.00 bits per heavy atom. The molecule has 1 atom stereocenters. The molecule has 8 heteroatoms. The zero-order valence-electron chi connectivity index (χ0n) is 14.1. The fourth-order valence-electron chi connectivity index (χ4n) is 2.69. The Morgan fingerprint density at radius 3 is 2.64 bits per heavy atom. The maximum Gasteiger partial charge on any atom is 0.275 e. The molecule has 7 nitrogen and oxygen atoms in total. The molecular weight excluding hydrogens is 340 g/mol. The highest BCUT2D eigenvalue weighted by Crippen LogP contribution is 2.18. The largest absolute Gasteiger partial charge is 0.365 e. The Hall–Kier alpha value is -2.48. The molecule has 0 bridgehead atoms. The van der Waals surface area contributed by atoms with Crippen LogP contribution in [-0.4, -0.2) is 41.8 Å². The van der Waals surface area contributed by atoms with Crippen molar-refractivity contribution in [3.05, 3.63) is 47.4 Å². The molecule has 1 amide bonds. The van der Waals surface area contributed by atoms with Crippen molar-refractivity contribution in [2.24, 2.45) is 0 Å². The summed E-state index contributed by atoms with van der Waals surface area (Å²) in [5.41, 5.74) is 2.96. The maximum atomic E-state index is 12.3. The van der Waals surface area contributed by atoms with E-state index < -0.39 is 9.84 Å². The second kappa shape index (κ2) is 6.79. The minimum atomic E-state index is -2.95. The van der Waals surface area contributed by atoms with E-state index in [1.165, 1.54) is 12.4 Å². The zero-order chi connectivity index (χ0) is 18.0. The van der Waals surface area contributed by atoms with Crippen molar-refractivity contribution < 1.29 is 13.2 Å². The predicted octanol–water partition coefficient (Wildman–Crippen LogP) is 1.94. The molecule has 2 aromatic rings. The number of benzene rings is 1. The maximum absolute atomic E-state index is 12.3. The molecule has 1 fully saturated rings. The van der Waals surface area contributed by atoms with Crippen LogP contribution < -0.4 is 10.6 Å². The molecule has 132 valence electrons. The molecule has 0 saturated carbocycles. The fraction of sp³-hybridized carbons (Fsp3) is 0.353. The molecule has 0 aliphatic carbocycles. The Kier molecular flexibility index (Phi) is 4.71. The standard InChI is InChI=1S/C17H20N4O3S/c1-11-3-4-12(2)14(7-11)21-17(22)15-8-19-16(9-18-15)20-13-5-6-25(23,24)10-13/h3-4,7-9,13H,5-6,10H2,1-2H3,(H,19,20)(H,21,22).